The molecular weight excluding hydrogens is 491 g/mol. The molecule has 0 spiro atoms. The zero-order valence-corrected chi connectivity index (χ0v) is 21.4. The van der Waals surface area contributed by atoms with Crippen LogP contribution in [-0.4, -0.2) is 79.8 Å². The molecule has 3 atom stereocenters. The van der Waals surface area contributed by atoms with Crippen LogP contribution >= 0.6 is 0 Å². The molecule has 3 amide bonds. The average Bonchev–Trinajstić information content (AvgIpc) is 2.82. The van der Waals surface area contributed by atoms with E-state index in [-0.39, 0.29) is 42.6 Å². The highest BCUT2D eigenvalue weighted by atomic mass is 32.2. The lowest BCUT2D eigenvalue weighted by atomic mass is 9.99. The summed E-state index contributed by atoms with van der Waals surface area (Å²) in [5.74, 6) is -1.07. The number of nitrogens with one attached hydrogen (secondary N) is 2. The summed E-state index contributed by atoms with van der Waals surface area (Å²) in [5, 5.41) is 15.0. The minimum Gasteiger partial charge on any atom is -0.486 e. The molecule has 36 heavy (non-hydrogen) atoms. The van der Waals surface area contributed by atoms with Crippen LogP contribution in [0.4, 0.5) is 20.6 Å². The van der Waals surface area contributed by atoms with Crippen LogP contribution in [0.25, 0.3) is 0 Å². The van der Waals surface area contributed by atoms with Gasteiger partial charge in [0.15, 0.2) is 5.75 Å². The van der Waals surface area contributed by atoms with E-state index in [2.05, 4.69) is 10.6 Å². The van der Waals surface area contributed by atoms with Gasteiger partial charge in [0.2, 0.25) is 10.0 Å². The summed E-state index contributed by atoms with van der Waals surface area (Å²) in [6.07, 6.45) is 0.415. The first-order chi connectivity index (χ1) is 16.9. The average molecular weight is 523 g/mol. The van der Waals surface area contributed by atoms with Crippen LogP contribution in [0.15, 0.2) is 42.5 Å². The summed E-state index contributed by atoms with van der Waals surface area (Å²) in [6, 6.07) is 8.75. The van der Waals surface area contributed by atoms with Gasteiger partial charge in [-0.25, -0.2) is 21.9 Å². The molecule has 3 N–H and O–H groups in total. The number of hydrogen-bond acceptors (Lipinski definition) is 6. The van der Waals surface area contributed by atoms with E-state index in [1.807, 2.05) is 6.92 Å². The molecule has 0 bridgehead atoms. The zero-order valence-electron chi connectivity index (χ0n) is 20.6. The smallest absolute Gasteiger partial charge is 0.323 e. The molecule has 196 valence electrons. The van der Waals surface area contributed by atoms with Crippen molar-refractivity contribution >= 4 is 33.3 Å². The van der Waals surface area contributed by atoms with Gasteiger partial charge in [0, 0.05) is 25.2 Å². The summed E-state index contributed by atoms with van der Waals surface area (Å²) in [6.45, 7) is 3.51. The van der Waals surface area contributed by atoms with Crippen molar-refractivity contribution in [1.29, 1.82) is 0 Å². The summed E-state index contributed by atoms with van der Waals surface area (Å²) in [7, 11) is -2.07. The van der Waals surface area contributed by atoms with Crippen LogP contribution in [0.2, 0.25) is 0 Å². The molecule has 12 heteroatoms. The number of aliphatic hydroxyl groups is 1. The van der Waals surface area contributed by atoms with Gasteiger partial charge in [-0.2, -0.15) is 0 Å². The van der Waals surface area contributed by atoms with E-state index in [4.69, 9.17) is 4.74 Å². The number of hydrogen-bond donors (Lipinski definition) is 3. The number of halogens is 1. The molecule has 0 aromatic heterocycles. The molecule has 0 fully saturated rings. The number of carbonyl (C=O) groups is 2. The number of rotatable bonds is 7. The molecule has 0 saturated carbocycles. The number of amides is 3. The van der Waals surface area contributed by atoms with Gasteiger partial charge in [0.25, 0.3) is 5.91 Å². The molecule has 0 aliphatic carbocycles. The van der Waals surface area contributed by atoms with Gasteiger partial charge in [-0.05, 0) is 43.3 Å². The molecule has 1 aliphatic rings. The molecule has 3 rings (SSSR count). The van der Waals surface area contributed by atoms with Gasteiger partial charge in [0.1, 0.15) is 11.9 Å². The van der Waals surface area contributed by atoms with E-state index in [1.165, 1.54) is 36.2 Å². The Morgan fingerprint density at radius 2 is 1.92 bits per heavy atom. The highest BCUT2D eigenvalue weighted by Gasteiger charge is 2.35. The number of likely N-dealkylation sites (N-methyl/N-ethyl adjacent to an activating group) is 1. The molecule has 0 saturated heterocycles. The van der Waals surface area contributed by atoms with E-state index in [9.17, 15) is 27.5 Å². The Labute approximate surface area is 210 Å². The van der Waals surface area contributed by atoms with Crippen LogP contribution in [0.1, 0.15) is 24.2 Å². The summed E-state index contributed by atoms with van der Waals surface area (Å²) < 4.78 is 44.7. The van der Waals surface area contributed by atoms with Gasteiger partial charge >= 0.3 is 6.03 Å². The third-order valence-corrected chi connectivity index (χ3v) is 7.33. The number of aliphatic hydroxyl groups excluding tert-OH is 1. The normalized spacial score (nSPS) is 19.1. The van der Waals surface area contributed by atoms with Crippen LogP contribution in [0.5, 0.6) is 5.75 Å². The van der Waals surface area contributed by atoms with Crippen molar-refractivity contribution in [2.45, 2.75) is 26.0 Å². The SMILES string of the molecule is C[C@@H]1CN([C@H](C)CO)C(=O)c2cccc(NC(=O)Nc3ccc(F)cc3)c2O[C@@H]1CN(C)S(C)(=O)=O. The first-order valence-corrected chi connectivity index (χ1v) is 13.2. The first kappa shape index (κ1) is 27.4. The standard InChI is InChI=1S/C24H31FN4O6S/c1-15-12-29(16(2)14-30)23(31)19-6-5-7-20(22(19)35-21(15)13-28(3)36(4,33)34)27-24(32)26-18-10-8-17(25)9-11-18/h5-11,15-16,21,30H,12-14H2,1-4H3,(H2,26,27,32)/t15-,16-,21-/m1/s1. The maximum absolute atomic E-state index is 13.4. The predicted molar refractivity (Wildman–Crippen MR) is 134 cm³/mol. The largest absolute Gasteiger partial charge is 0.486 e. The zero-order chi connectivity index (χ0) is 26.6. The minimum absolute atomic E-state index is 0.00505. The monoisotopic (exact) mass is 522 g/mol. The van der Waals surface area contributed by atoms with Crippen molar-refractivity contribution < 1.29 is 32.2 Å². The van der Waals surface area contributed by atoms with E-state index in [1.54, 1.807) is 25.1 Å². The van der Waals surface area contributed by atoms with Crippen molar-refractivity contribution in [3.05, 3.63) is 53.8 Å². The Hall–Kier alpha value is -3.22. The molecular formula is C24H31FN4O6S. The van der Waals surface area contributed by atoms with Crippen molar-refractivity contribution in [3.63, 3.8) is 0 Å². The van der Waals surface area contributed by atoms with Gasteiger partial charge < -0.3 is 25.4 Å². The van der Waals surface area contributed by atoms with Crippen molar-refractivity contribution in [3.8, 4) is 5.75 Å². The molecule has 10 nitrogen and oxygen atoms in total. The van der Waals surface area contributed by atoms with Gasteiger partial charge in [-0.3, -0.25) is 4.79 Å². The second kappa shape index (κ2) is 11.2. The molecule has 0 radical (unpaired) electrons. The van der Waals surface area contributed by atoms with E-state index in [0.29, 0.717) is 5.69 Å². The lowest BCUT2D eigenvalue weighted by Crippen LogP contribution is -2.50. The quantitative estimate of drug-likeness (QED) is 0.513. The molecule has 1 heterocycles. The summed E-state index contributed by atoms with van der Waals surface area (Å²) in [5.41, 5.74) is 0.709. The first-order valence-electron chi connectivity index (χ1n) is 11.4. The molecule has 0 unspecified atom stereocenters. The number of anilines is 2. The number of nitrogens with zero attached hydrogens (tertiary/aromatic N) is 2. The van der Waals surface area contributed by atoms with Gasteiger partial charge in [-0.15, -0.1) is 0 Å². The molecule has 2 aromatic carbocycles. The van der Waals surface area contributed by atoms with Crippen LogP contribution < -0.4 is 15.4 Å². The van der Waals surface area contributed by atoms with Crippen molar-refractivity contribution in [2.75, 3.05) is 43.6 Å². The number of benzene rings is 2. The maximum atomic E-state index is 13.4. The number of para-hydroxylation sites is 1. The minimum atomic E-state index is -3.51. The summed E-state index contributed by atoms with van der Waals surface area (Å²) >= 11 is 0. The number of fused-ring (bicyclic) bond motifs is 1. The van der Waals surface area contributed by atoms with E-state index < -0.39 is 39.9 Å². The third-order valence-electron chi connectivity index (χ3n) is 6.04. The Bertz CT molecular complexity index is 1210. The van der Waals surface area contributed by atoms with Crippen molar-refractivity contribution in [1.82, 2.24) is 9.21 Å². The fraction of sp³-hybridized carbons (Fsp3) is 0.417. The molecule has 1 aliphatic heterocycles. The Balaban J connectivity index is 1.99. The molecule has 2 aromatic rings. The van der Waals surface area contributed by atoms with E-state index >= 15 is 0 Å². The van der Waals surface area contributed by atoms with Crippen LogP contribution in [0, 0.1) is 11.7 Å². The number of sulfonamides is 1. The van der Waals surface area contributed by atoms with Gasteiger partial charge in [-0.1, -0.05) is 13.0 Å². The second-order valence-corrected chi connectivity index (χ2v) is 11.0. The number of ether oxygens (including phenoxy) is 1. The Morgan fingerprint density at radius 1 is 1.25 bits per heavy atom. The van der Waals surface area contributed by atoms with Gasteiger partial charge in [0.05, 0.1) is 36.7 Å². The fourth-order valence-electron chi connectivity index (χ4n) is 3.77. The number of carbonyl (C=O) groups excluding carboxylic acids is 2. The highest BCUT2D eigenvalue weighted by Crippen LogP contribution is 2.35. The number of urea groups is 1. The summed E-state index contributed by atoms with van der Waals surface area (Å²) in [4.78, 5) is 27.6. The predicted octanol–water partition coefficient (Wildman–Crippen LogP) is 2.58. The highest BCUT2D eigenvalue weighted by molar-refractivity contribution is 7.88. The lowest BCUT2D eigenvalue weighted by Gasteiger charge is -2.38. The maximum Gasteiger partial charge on any atom is 0.323 e. The fourth-order valence-corrected chi connectivity index (χ4v) is 4.18. The topological polar surface area (TPSA) is 128 Å². The lowest BCUT2D eigenvalue weighted by molar-refractivity contribution is 0.0389. The van der Waals surface area contributed by atoms with Crippen molar-refractivity contribution in [2.24, 2.45) is 5.92 Å². The Kier molecular flexibility index (Phi) is 8.54. The third kappa shape index (κ3) is 6.50. The Morgan fingerprint density at radius 3 is 2.53 bits per heavy atom. The van der Waals surface area contributed by atoms with Crippen LogP contribution in [0.3, 0.4) is 0 Å². The second-order valence-electron chi connectivity index (χ2n) is 8.93. The van der Waals surface area contributed by atoms with E-state index in [0.717, 1.165) is 10.6 Å². The van der Waals surface area contributed by atoms with Crippen LogP contribution in [-0.2, 0) is 10.0 Å².